The van der Waals surface area contributed by atoms with Gasteiger partial charge in [0.15, 0.2) is 11.5 Å². The van der Waals surface area contributed by atoms with Crippen LogP contribution in [-0.2, 0) is 10.4 Å². The van der Waals surface area contributed by atoms with Crippen LogP contribution in [0.25, 0.3) is 0 Å². The molecular weight excluding hydrogens is 279 g/mol. The molecule has 0 spiro atoms. The van der Waals surface area contributed by atoms with Gasteiger partial charge in [-0.1, -0.05) is 0 Å². The molecule has 7 nitrogen and oxygen atoms in total. The number of ether oxygens (including phenoxy) is 1. The first-order valence-corrected chi connectivity index (χ1v) is 5.28. The van der Waals surface area contributed by atoms with E-state index < -0.39 is 16.4 Å². The van der Waals surface area contributed by atoms with E-state index in [0.717, 1.165) is 18.2 Å². The first-order valence-electron chi connectivity index (χ1n) is 3.91. The molecule has 0 heterocycles. The van der Waals surface area contributed by atoms with E-state index in [0.29, 0.717) is 0 Å². The van der Waals surface area contributed by atoms with Crippen molar-refractivity contribution in [3.05, 3.63) is 23.8 Å². The van der Waals surface area contributed by atoms with Crippen LogP contribution in [0, 0.1) is 0 Å². The fourth-order valence-electron chi connectivity index (χ4n) is 0.983. The van der Waals surface area contributed by atoms with E-state index in [2.05, 4.69) is 4.18 Å². The van der Waals surface area contributed by atoms with Crippen molar-refractivity contribution in [2.45, 2.75) is 0 Å². The SMILES string of the molecule is COc1cc(C(=O)O)ccc1OS(=O)(=O)O.[K]. The first-order chi connectivity index (χ1) is 7.33. The minimum absolute atomic E-state index is 0. The summed E-state index contributed by atoms with van der Waals surface area (Å²) >= 11 is 0. The second-order valence-electron chi connectivity index (χ2n) is 2.68. The molecule has 0 aliphatic carbocycles. The maximum Gasteiger partial charge on any atom is 0.446 e. The Labute approximate surface area is 140 Å². The fraction of sp³-hybridized carbons (Fsp3) is 0.125. The number of hydrogen-bond donors (Lipinski definition) is 2. The molecular formula is C8H8KO7S. The normalized spacial score (nSPS) is 10.2. The van der Waals surface area contributed by atoms with E-state index in [9.17, 15) is 13.2 Å². The molecule has 1 rings (SSSR count). The fourth-order valence-corrected chi connectivity index (χ4v) is 1.35. The number of rotatable bonds is 4. The third-order valence-electron chi connectivity index (χ3n) is 1.61. The van der Waals surface area contributed by atoms with Gasteiger partial charge in [-0.05, 0) is 18.2 Å². The zero-order valence-electron chi connectivity index (χ0n) is 9.08. The molecule has 0 bridgehead atoms. The molecule has 0 aromatic heterocycles. The summed E-state index contributed by atoms with van der Waals surface area (Å²) in [4.78, 5) is 10.6. The second-order valence-corrected chi connectivity index (χ2v) is 3.70. The van der Waals surface area contributed by atoms with Crippen LogP contribution >= 0.6 is 0 Å². The van der Waals surface area contributed by atoms with Crippen LogP contribution in [0.1, 0.15) is 10.4 Å². The molecule has 0 saturated carbocycles. The Morgan fingerprint density at radius 2 is 1.88 bits per heavy atom. The number of hydrogen-bond acceptors (Lipinski definition) is 5. The monoisotopic (exact) mass is 287 g/mol. The predicted molar refractivity (Wildman–Crippen MR) is 57.9 cm³/mol. The van der Waals surface area contributed by atoms with Crippen LogP contribution in [0.2, 0.25) is 0 Å². The van der Waals surface area contributed by atoms with Gasteiger partial charge in [0.2, 0.25) is 0 Å². The van der Waals surface area contributed by atoms with Gasteiger partial charge in [0.25, 0.3) is 0 Å². The third kappa shape index (κ3) is 5.34. The smallest absolute Gasteiger partial charge is 0.446 e. The summed E-state index contributed by atoms with van der Waals surface area (Å²) < 4.78 is 38.2. The maximum atomic E-state index is 10.6. The summed E-state index contributed by atoms with van der Waals surface area (Å²) in [5, 5.41) is 8.66. The van der Waals surface area contributed by atoms with Crippen molar-refractivity contribution >= 4 is 67.8 Å². The number of aromatic carboxylic acids is 1. The molecule has 0 atom stereocenters. The van der Waals surface area contributed by atoms with Crippen molar-refractivity contribution in [2.24, 2.45) is 0 Å². The molecule has 1 aromatic rings. The molecule has 0 fully saturated rings. The molecule has 89 valence electrons. The number of methoxy groups -OCH3 is 1. The van der Waals surface area contributed by atoms with Crippen molar-refractivity contribution in [1.29, 1.82) is 0 Å². The number of carboxylic acid groups (broad SMARTS) is 1. The van der Waals surface area contributed by atoms with E-state index in [4.69, 9.17) is 14.4 Å². The quantitative estimate of drug-likeness (QED) is 0.601. The summed E-state index contributed by atoms with van der Waals surface area (Å²) in [6.07, 6.45) is 0. The molecule has 9 heteroatoms. The van der Waals surface area contributed by atoms with Crippen LogP contribution < -0.4 is 8.92 Å². The largest absolute Gasteiger partial charge is 0.493 e. The number of carbonyl (C=O) groups is 1. The Hall–Kier alpha value is -0.164. The maximum absolute atomic E-state index is 10.6. The third-order valence-corrected chi connectivity index (χ3v) is 2.00. The van der Waals surface area contributed by atoms with E-state index in [1.54, 1.807) is 0 Å². The Balaban J connectivity index is 0.00000256. The van der Waals surface area contributed by atoms with Gasteiger partial charge in [0.1, 0.15) is 0 Å². The van der Waals surface area contributed by atoms with Crippen LogP contribution in [0.3, 0.4) is 0 Å². The minimum atomic E-state index is -4.67. The Morgan fingerprint density at radius 1 is 1.29 bits per heavy atom. The summed E-state index contributed by atoms with van der Waals surface area (Å²) in [6, 6.07) is 3.25. The number of benzene rings is 1. The van der Waals surface area contributed by atoms with Crippen LogP contribution in [0.4, 0.5) is 0 Å². The van der Waals surface area contributed by atoms with Gasteiger partial charge in [-0.15, -0.1) is 0 Å². The minimum Gasteiger partial charge on any atom is -0.493 e. The second kappa shape index (κ2) is 6.68. The van der Waals surface area contributed by atoms with E-state index in [1.807, 2.05) is 0 Å². The molecule has 0 aliphatic heterocycles. The van der Waals surface area contributed by atoms with E-state index in [1.165, 1.54) is 7.11 Å². The molecule has 0 unspecified atom stereocenters. The summed E-state index contributed by atoms with van der Waals surface area (Å²) in [7, 11) is -3.46. The molecule has 1 aromatic carbocycles. The Bertz CT molecular complexity index is 511. The Morgan fingerprint density at radius 3 is 2.29 bits per heavy atom. The summed E-state index contributed by atoms with van der Waals surface area (Å²) in [5.74, 6) is -1.61. The average molecular weight is 287 g/mol. The van der Waals surface area contributed by atoms with Crippen molar-refractivity contribution in [3.8, 4) is 11.5 Å². The zero-order chi connectivity index (χ0) is 12.3. The molecule has 0 aliphatic rings. The zero-order valence-corrected chi connectivity index (χ0v) is 13.0. The molecule has 0 saturated heterocycles. The van der Waals surface area contributed by atoms with Gasteiger partial charge >= 0.3 is 16.4 Å². The van der Waals surface area contributed by atoms with Crippen LogP contribution in [0.5, 0.6) is 11.5 Å². The van der Waals surface area contributed by atoms with Crippen molar-refractivity contribution in [2.75, 3.05) is 7.11 Å². The average Bonchev–Trinajstić information content (AvgIpc) is 2.15. The molecule has 17 heavy (non-hydrogen) atoms. The van der Waals surface area contributed by atoms with Gasteiger partial charge in [-0.3, -0.25) is 4.55 Å². The first kappa shape index (κ1) is 16.8. The predicted octanol–water partition coefficient (Wildman–Crippen LogP) is 0.194. The standard InChI is InChI=1S/C8H8O7S.K/c1-14-7-4-5(8(9)10)2-3-6(7)15-16(11,12)13;/h2-4H,1H3,(H,9,10)(H,11,12,13);. The summed E-state index contributed by atoms with van der Waals surface area (Å²) in [5.41, 5.74) is -0.0977. The van der Waals surface area contributed by atoms with Crippen molar-refractivity contribution < 1.29 is 31.8 Å². The molecule has 0 amide bonds. The summed E-state index contributed by atoms with van der Waals surface area (Å²) in [6.45, 7) is 0. The van der Waals surface area contributed by atoms with E-state index >= 15 is 0 Å². The number of carboxylic acids is 1. The van der Waals surface area contributed by atoms with E-state index in [-0.39, 0.29) is 68.4 Å². The van der Waals surface area contributed by atoms with Gasteiger partial charge in [0, 0.05) is 51.4 Å². The van der Waals surface area contributed by atoms with Gasteiger partial charge in [-0.25, -0.2) is 4.79 Å². The van der Waals surface area contributed by atoms with Gasteiger partial charge in [0.05, 0.1) is 12.7 Å². The van der Waals surface area contributed by atoms with Gasteiger partial charge in [-0.2, -0.15) is 8.42 Å². The van der Waals surface area contributed by atoms with Crippen molar-refractivity contribution in [1.82, 2.24) is 0 Å². The topological polar surface area (TPSA) is 110 Å². The Kier molecular flexibility index (Phi) is 6.62. The molecule has 2 N–H and O–H groups in total. The van der Waals surface area contributed by atoms with Crippen LogP contribution in [-0.4, -0.2) is 82.5 Å². The van der Waals surface area contributed by atoms with Crippen LogP contribution in [0.15, 0.2) is 18.2 Å². The van der Waals surface area contributed by atoms with Gasteiger partial charge < -0.3 is 14.0 Å². The molecule has 1 radical (unpaired) electrons. The van der Waals surface area contributed by atoms with Crippen molar-refractivity contribution in [3.63, 3.8) is 0 Å².